The van der Waals surface area contributed by atoms with Crippen LogP contribution in [0.15, 0.2) is 45.6 Å². The standard InChI is InChI=1S/C13H8Br2ClNO2/c14-9-3-1-2-8(6-9)11(18)7-19-12-10(16)4-5-17-13(12)15/h1-6H,7H2. The highest BCUT2D eigenvalue weighted by atomic mass is 79.9. The number of carbonyl (C=O) groups excluding carboxylic acids is 1. The number of pyridine rings is 1. The number of benzene rings is 1. The SMILES string of the molecule is O=C(COc1c(Cl)ccnc1Br)c1cccc(Br)c1. The molecule has 2 rings (SSSR count). The number of hydrogen-bond acceptors (Lipinski definition) is 3. The number of carbonyl (C=O) groups is 1. The van der Waals surface area contributed by atoms with Crippen molar-refractivity contribution in [3.8, 4) is 5.75 Å². The summed E-state index contributed by atoms with van der Waals surface area (Å²) in [6, 6.07) is 8.73. The van der Waals surface area contributed by atoms with Crippen molar-refractivity contribution < 1.29 is 9.53 Å². The first-order valence-electron chi connectivity index (χ1n) is 5.29. The van der Waals surface area contributed by atoms with Gasteiger partial charge in [-0.3, -0.25) is 4.79 Å². The van der Waals surface area contributed by atoms with Gasteiger partial charge < -0.3 is 4.74 Å². The summed E-state index contributed by atoms with van der Waals surface area (Å²) >= 11 is 12.5. The number of Topliss-reactive ketones (excluding diaryl/α,β-unsaturated/α-hetero) is 1. The molecule has 1 heterocycles. The van der Waals surface area contributed by atoms with Gasteiger partial charge in [-0.2, -0.15) is 0 Å². The molecule has 6 heteroatoms. The number of ether oxygens (including phenoxy) is 1. The Morgan fingerprint density at radius 2 is 2.11 bits per heavy atom. The molecule has 0 aliphatic heterocycles. The van der Waals surface area contributed by atoms with Gasteiger partial charge in [0.05, 0.1) is 5.02 Å². The molecule has 0 aliphatic rings. The van der Waals surface area contributed by atoms with Gasteiger partial charge in [-0.05, 0) is 34.1 Å². The summed E-state index contributed by atoms with van der Waals surface area (Å²) in [6.45, 7) is -0.0968. The maximum absolute atomic E-state index is 12.0. The van der Waals surface area contributed by atoms with Crippen LogP contribution in [0.2, 0.25) is 5.02 Å². The highest BCUT2D eigenvalue weighted by Crippen LogP contribution is 2.30. The molecule has 0 saturated carbocycles. The molecule has 0 spiro atoms. The van der Waals surface area contributed by atoms with E-state index in [1.807, 2.05) is 6.07 Å². The van der Waals surface area contributed by atoms with E-state index < -0.39 is 0 Å². The van der Waals surface area contributed by atoms with Gasteiger partial charge in [0.15, 0.2) is 18.1 Å². The van der Waals surface area contributed by atoms with Crippen molar-refractivity contribution in [1.82, 2.24) is 4.98 Å². The Morgan fingerprint density at radius 1 is 1.32 bits per heavy atom. The van der Waals surface area contributed by atoms with Gasteiger partial charge in [0.2, 0.25) is 0 Å². The number of nitrogens with zero attached hydrogens (tertiary/aromatic N) is 1. The van der Waals surface area contributed by atoms with Crippen molar-refractivity contribution in [1.29, 1.82) is 0 Å². The van der Waals surface area contributed by atoms with E-state index in [-0.39, 0.29) is 12.4 Å². The van der Waals surface area contributed by atoms with Crippen molar-refractivity contribution >= 4 is 49.2 Å². The second kappa shape index (κ2) is 6.50. The third kappa shape index (κ3) is 3.78. The van der Waals surface area contributed by atoms with Crippen molar-refractivity contribution in [2.24, 2.45) is 0 Å². The Hall–Kier alpha value is -0.910. The molecule has 98 valence electrons. The molecule has 19 heavy (non-hydrogen) atoms. The first-order valence-corrected chi connectivity index (χ1v) is 7.26. The molecular weight excluding hydrogens is 397 g/mol. The predicted molar refractivity (Wildman–Crippen MR) is 80.9 cm³/mol. The van der Waals surface area contributed by atoms with Crippen molar-refractivity contribution in [3.63, 3.8) is 0 Å². The lowest BCUT2D eigenvalue weighted by atomic mass is 10.1. The molecule has 1 aromatic carbocycles. The number of aromatic nitrogens is 1. The molecular formula is C13H8Br2ClNO2. The molecule has 0 amide bonds. The lowest BCUT2D eigenvalue weighted by Crippen LogP contribution is -2.12. The van der Waals surface area contributed by atoms with E-state index in [0.717, 1.165) is 4.47 Å². The quantitative estimate of drug-likeness (QED) is 0.555. The van der Waals surface area contributed by atoms with Crippen LogP contribution in [0.4, 0.5) is 0 Å². The average Bonchev–Trinajstić information content (AvgIpc) is 2.38. The van der Waals surface area contributed by atoms with Crippen LogP contribution in [-0.2, 0) is 0 Å². The fraction of sp³-hybridized carbons (Fsp3) is 0.0769. The normalized spacial score (nSPS) is 10.3. The van der Waals surface area contributed by atoms with Crippen LogP contribution in [0.1, 0.15) is 10.4 Å². The van der Waals surface area contributed by atoms with Crippen LogP contribution in [0.5, 0.6) is 5.75 Å². The Labute approximate surface area is 132 Å². The highest BCUT2D eigenvalue weighted by Gasteiger charge is 2.11. The van der Waals surface area contributed by atoms with Crippen LogP contribution in [0.3, 0.4) is 0 Å². The Balaban J connectivity index is 2.09. The van der Waals surface area contributed by atoms with Crippen LogP contribution in [0.25, 0.3) is 0 Å². The van der Waals surface area contributed by atoms with Crippen molar-refractivity contribution in [2.45, 2.75) is 0 Å². The van der Waals surface area contributed by atoms with Gasteiger partial charge in [0.1, 0.15) is 4.60 Å². The predicted octanol–water partition coefficient (Wildman–Crippen LogP) is 4.52. The summed E-state index contributed by atoms with van der Waals surface area (Å²) in [5.74, 6) is 0.237. The highest BCUT2D eigenvalue weighted by molar-refractivity contribution is 9.10. The number of hydrogen-bond donors (Lipinski definition) is 0. The van der Waals surface area contributed by atoms with E-state index in [1.165, 1.54) is 0 Å². The van der Waals surface area contributed by atoms with E-state index in [9.17, 15) is 4.79 Å². The monoisotopic (exact) mass is 403 g/mol. The van der Waals surface area contributed by atoms with Crippen LogP contribution in [-0.4, -0.2) is 17.4 Å². The van der Waals surface area contributed by atoms with Crippen LogP contribution < -0.4 is 4.74 Å². The van der Waals surface area contributed by atoms with Crippen molar-refractivity contribution in [2.75, 3.05) is 6.61 Å². The molecule has 0 radical (unpaired) electrons. The Kier molecular flexibility index (Phi) is 4.96. The van der Waals surface area contributed by atoms with E-state index in [2.05, 4.69) is 36.8 Å². The van der Waals surface area contributed by atoms with E-state index in [0.29, 0.717) is 20.9 Å². The minimum atomic E-state index is -0.131. The Morgan fingerprint density at radius 3 is 2.79 bits per heavy atom. The molecule has 2 aromatic rings. The summed E-state index contributed by atoms with van der Waals surface area (Å²) in [5.41, 5.74) is 0.575. The van der Waals surface area contributed by atoms with Gasteiger partial charge >= 0.3 is 0 Å². The summed E-state index contributed by atoms with van der Waals surface area (Å²) in [5, 5.41) is 0.406. The van der Waals surface area contributed by atoms with Crippen LogP contribution >= 0.6 is 43.5 Å². The smallest absolute Gasteiger partial charge is 0.200 e. The first kappa shape index (κ1) is 14.5. The second-order valence-electron chi connectivity index (χ2n) is 3.63. The second-order valence-corrected chi connectivity index (χ2v) is 5.71. The summed E-state index contributed by atoms with van der Waals surface area (Å²) in [7, 11) is 0. The molecule has 0 fully saturated rings. The van der Waals surface area contributed by atoms with Gasteiger partial charge in [0.25, 0.3) is 0 Å². The Bertz CT molecular complexity index is 599. The third-order valence-electron chi connectivity index (χ3n) is 2.31. The van der Waals surface area contributed by atoms with Gasteiger partial charge in [-0.25, -0.2) is 4.98 Å². The third-order valence-corrected chi connectivity index (χ3v) is 3.66. The fourth-order valence-electron chi connectivity index (χ4n) is 1.41. The topological polar surface area (TPSA) is 39.2 Å². The van der Waals surface area contributed by atoms with E-state index in [1.54, 1.807) is 30.5 Å². The number of ketones is 1. The minimum absolute atomic E-state index is 0.0968. The lowest BCUT2D eigenvalue weighted by molar-refractivity contribution is 0.0921. The summed E-state index contributed by atoms with van der Waals surface area (Å²) < 4.78 is 6.74. The molecule has 0 saturated heterocycles. The van der Waals surface area contributed by atoms with Gasteiger partial charge in [-0.1, -0.05) is 39.7 Å². The maximum Gasteiger partial charge on any atom is 0.200 e. The zero-order valence-electron chi connectivity index (χ0n) is 9.57. The molecule has 0 atom stereocenters. The average molecular weight is 405 g/mol. The first-order chi connectivity index (χ1) is 9.08. The number of rotatable bonds is 4. The van der Waals surface area contributed by atoms with E-state index >= 15 is 0 Å². The molecule has 1 aromatic heterocycles. The summed E-state index contributed by atoms with van der Waals surface area (Å²) in [4.78, 5) is 16.0. The summed E-state index contributed by atoms with van der Waals surface area (Å²) in [6.07, 6.45) is 1.55. The molecule has 0 aliphatic carbocycles. The van der Waals surface area contributed by atoms with Gasteiger partial charge in [-0.15, -0.1) is 0 Å². The lowest BCUT2D eigenvalue weighted by Gasteiger charge is -2.08. The fourth-order valence-corrected chi connectivity index (χ4v) is 2.57. The van der Waals surface area contributed by atoms with Crippen molar-refractivity contribution in [3.05, 3.63) is 56.2 Å². The largest absolute Gasteiger partial charge is 0.481 e. The minimum Gasteiger partial charge on any atom is -0.481 e. The molecule has 3 nitrogen and oxygen atoms in total. The van der Waals surface area contributed by atoms with Gasteiger partial charge in [0, 0.05) is 16.2 Å². The van der Waals surface area contributed by atoms with E-state index in [4.69, 9.17) is 16.3 Å². The zero-order valence-corrected chi connectivity index (χ0v) is 13.5. The maximum atomic E-state index is 12.0. The molecule has 0 unspecified atom stereocenters. The molecule has 0 N–H and O–H groups in total. The zero-order chi connectivity index (χ0) is 13.8. The number of halogens is 3. The molecule has 0 bridgehead atoms. The van der Waals surface area contributed by atoms with Crippen LogP contribution in [0, 0.1) is 0 Å².